The summed E-state index contributed by atoms with van der Waals surface area (Å²) in [6, 6.07) is 9.61. The van der Waals surface area contributed by atoms with Crippen LogP contribution in [-0.4, -0.2) is 41.6 Å². The summed E-state index contributed by atoms with van der Waals surface area (Å²) in [6.45, 7) is 3.89. The maximum absolute atomic E-state index is 11.5. The number of rotatable bonds is 5. The molecular formula is C16H18N2O4. The van der Waals surface area contributed by atoms with Crippen LogP contribution in [-0.2, 0) is 19.0 Å². The smallest absolute Gasteiger partial charge is 0.414 e. The second-order valence-corrected chi connectivity index (χ2v) is 5.28. The fraction of sp³-hybridized carbons (Fsp3) is 0.375. The van der Waals surface area contributed by atoms with Gasteiger partial charge in [-0.25, -0.2) is 4.79 Å². The molecule has 1 aromatic rings. The first-order valence-corrected chi connectivity index (χ1v) is 6.93. The first-order chi connectivity index (χ1) is 10.5. The van der Waals surface area contributed by atoms with Crippen molar-refractivity contribution in [3.8, 4) is 0 Å². The third-order valence-corrected chi connectivity index (χ3v) is 3.09. The van der Waals surface area contributed by atoms with E-state index in [0.29, 0.717) is 12.8 Å². The number of hydrogen-bond donors (Lipinski definition) is 0. The quantitative estimate of drug-likeness (QED) is 0.361. The topological polar surface area (TPSA) is 81.2 Å². The molecule has 1 aromatic carbocycles. The SMILES string of the molecule is CC1(C)OC[C@H]([C@H](/C=C\c2ccccc2)OC(=O)C=[N+]=[N-])O1. The molecule has 0 amide bonds. The standard InChI is InChI=1S/C16H18N2O4/c1-16(2)20-11-14(22-16)13(21-15(19)10-18-17)9-8-12-6-4-3-5-7-12/h3-10,13-14H,11H2,1-2H3/b9-8-/t13-,14+/m0/s1. The van der Waals surface area contributed by atoms with Crippen molar-refractivity contribution in [2.75, 3.05) is 6.61 Å². The van der Waals surface area contributed by atoms with Crippen LogP contribution < -0.4 is 0 Å². The first kappa shape index (κ1) is 16.1. The highest BCUT2D eigenvalue weighted by Crippen LogP contribution is 2.26. The van der Waals surface area contributed by atoms with Crippen molar-refractivity contribution in [3.05, 3.63) is 47.5 Å². The van der Waals surface area contributed by atoms with Gasteiger partial charge in [0.2, 0.25) is 0 Å². The molecule has 1 saturated heterocycles. The zero-order valence-corrected chi connectivity index (χ0v) is 12.5. The highest BCUT2D eigenvalue weighted by molar-refractivity contribution is 6.20. The van der Waals surface area contributed by atoms with Crippen molar-refractivity contribution in [3.63, 3.8) is 0 Å². The van der Waals surface area contributed by atoms with E-state index in [1.807, 2.05) is 36.4 Å². The number of hydrogen-bond acceptors (Lipinski definition) is 4. The van der Waals surface area contributed by atoms with Gasteiger partial charge < -0.3 is 19.7 Å². The van der Waals surface area contributed by atoms with Gasteiger partial charge in [0.15, 0.2) is 5.79 Å². The van der Waals surface area contributed by atoms with Crippen molar-refractivity contribution in [2.45, 2.75) is 31.8 Å². The molecule has 0 N–H and O–H groups in total. The monoisotopic (exact) mass is 302 g/mol. The lowest BCUT2D eigenvalue weighted by Crippen LogP contribution is -2.33. The number of carbonyl (C=O) groups is 1. The number of esters is 1. The van der Waals surface area contributed by atoms with E-state index >= 15 is 0 Å². The summed E-state index contributed by atoms with van der Waals surface area (Å²) < 4.78 is 16.5. The Kier molecular flexibility index (Phi) is 5.22. The Morgan fingerprint density at radius 2 is 2.18 bits per heavy atom. The van der Waals surface area contributed by atoms with E-state index in [1.165, 1.54) is 0 Å². The second-order valence-electron chi connectivity index (χ2n) is 5.28. The van der Waals surface area contributed by atoms with Crippen LogP contribution in [0.3, 0.4) is 0 Å². The molecule has 0 bridgehead atoms. The zero-order chi connectivity index (χ0) is 16.0. The molecule has 1 aliphatic heterocycles. The normalized spacial score (nSPS) is 21.3. The predicted molar refractivity (Wildman–Crippen MR) is 79.9 cm³/mol. The molecule has 0 unspecified atom stereocenters. The van der Waals surface area contributed by atoms with Crippen molar-refractivity contribution < 1.29 is 23.8 Å². The van der Waals surface area contributed by atoms with E-state index in [1.54, 1.807) is 19.9 Å². The molecule has 2 atom stereocenters. The lowest BCUT2D eigenvalue weighted by atomic mass is 10.1. The molecule has 22 heavy (non-hydrogen) atoms. The maximum atomic E-state index is 11.5. The molecule has 2 rings (SSSR count). The Labute approximate surface area is 128 Å². The lowest BCUT2D eigenvalue weighted by molar-refractivity contribution is -0.162. The molecule has 1 fully saturated rings. The van der Waals surface area contributed by atoms with Crippen LogP contribution in [0.1, 0.15) is 19.4 Å². The van der Waals surface area contributed by atoms with Gasteiger partial charge in [-0.1, -0.05) is 36.4 Å². The average molecular weight is 302 g/mol. The van der Waals surface area contributed by atoms with Crippen LogP contribution in [0.4, 0.5) is 0 Å². The highest BCUT2D eigenvalue weighted by Gasteiger charge is 2.38. The summed E-state index contributed by atoms with van der Waals surface area (Å²) in [7, 11) is 0. The minimum Gasteiger partial charge on any atom is -0.447 e. The molecule has 0 aliphatic carbocycles. The fourth-order valence-corrected chi connectivity index (χ4v) is 2.10. The predicted octanol–water partition coefficient (Wildman–Crippen LogP) is 2.06. The van der Waals surface area contributed by atoms with Gasteiger partial charge in [-0.05, 0) is 25.5 Å². The molecule has 1 heterocycles. The molecule has 116 valence electrons. The maximum Gasteiger partial charge on any atom is 0.414 e. The molecular weight excluding hydrogens is 284 g/mol. The Balaban J connectivity index is 2.12. The van der Waals surface area contributed by atoms with Crippen molar-refractivity contribution in [2.24, 2.45) is 0 Å². The number of nitrogens with zero attached hydrogens (tertiary/aromatic N) is 2. The minimum atomic E-state index is -0.751. The first-order valence-electron chi connectivity index (χ1n) is 6.93. The zero-order valence-electron chi connectivity index (χ0n) is 12.5. The van der Waals surface area contributed by atoms with Crippen LogP contribution in [0.2, 0.25) is 0 Å². The fourth-order valence-electron chi connectivity index (χ4n) is 2.10. The van der Waals surface area contributed by atoms with Gasteiger partial charge in [-0.15, -0.1) is 0 Å². The van der Waals surface area contributed by atoms with Gasteiger partial charge in [0.05, 0.1) is 6.61 Å². The van der Waals surface area contributed by atoms with Crippen LogP contribution in [0.25, 0.3) is 11.6 Å². The summed E-state index contributed by atoms with van der Waals surface area (Å²) in [4.78, 5) is 14.2. The molecule has 0 saturated carbocycles. The highest BCUT2D eigenvalue weighted by atomic mass is 16.7. The summed E-state index contributed by atoms with van der Waals surface area (Å²) >= 11 is 0. The largest absolute Gasteiger partial charge is 0.447 e. The van der Waals surface area contributed by atoms with E-state index in [4.69, 9.17) is 19.7 Å². The van der Waals surface area contributed by atoms with Crippen LogP contribution >= 0.6 is 0 Å². The van der Waals surface area contributed by atoms with E-state index < -0.39 is 24.0 Å². The Morgan fingerprint density at radius 1 is 1.45 bits per heavy atom. The summed E-state index contributed by atoms with van der Waals surface area (Å²) in [5.74, 6) is -1.47. The van der Waals surface area contributed by atoms with E-state index in [0.717, 1.165) is 5.56 Å². The minimum absolute atomic E-state index is 0.306. The second kappa shape index (κ2) is 7.13. The van der Waals surface area contributed by atoms with Crippen LogP contribution in [0, 0.1) is 0 Å². The molecule has 0 aromatic heterocycles. The number of benzene rings is 1. The summed E-state index contributed by atoms with van der Waals surface area (Å²) in [6.07, 6.45) is 3.19. The summed E-state index contributed by atoms with van der Waals surface area (Å²) in [5, 5.41) is 0. The van der Waals surface area contributed by atoms with Crippen molar-refractivity contribution in [1.82, 2.24) is 0 Å². The Morgan fingerprint density at radius 3 is 2.77 bits per heavy atom. The van der Waals surface area contributed by atoms with Gasteiger partial charge in [0, 0.05) is 0 Å². The van der Waals surface area contributed by atoms with Crippen molar-refractivity contribution in [1.29, 1.82) is 0 Å². The third-order valence-electron chi connectivity index (χ3n) is 3.09. The van der Waals surface area contributed by atoms with Crippen LogP contribution in [0.5, 0.6) is 0 Å². The summed E-state index contributed by atoms with van der Waals surface area (Å²) in [5.41, 5.74) is 9.37. The van der Waals surface area contributed by atoms with Gasteiger partial charge in [0.1, 0.15) is 12.2 Å². The number of ether oxygens (including phenoxy) is 3. The molecule has 6 nitrogen and oxygen atoms in total. The van der Waals surface area contributed by atoms with E-state index in [9.17, 15) is 4.79 Å². The van der Waals surface area contributed by atoms with Crippen molar-refractivity contribution >= 4 is 18.3 Å². The third kappa shape index (κ3) is 4.63. The van der Waals surface area contributed by atoms with E-state index in [-0.39, 0.29) is 0 Å². The number of carbonyl (C=O) groups excluding carboxylic acids is 1. The Bertz CT molecular complexity index is 591. The van der Waals surface area contributed by atoms with E-state index in [2.05, 4.69) is 4.79 Å². The van der Waals surface area contributed by atoms with Gasteiger partial charge in [0.25, 0.3) is 0 Å². The average Bonchev–Trinajstić information content (AvgIpc) is 2.85. The molecule has 0 spiro atoms. The lowest BCUT2D eigenvalue weighted by Gasteiger charge is -2.21. The molecule has 0 radical (unpaired) electrons. The van der Waals surface area contributed by atoms with Crippen LogP contribution in [0.15, 0.2) is 36.4 Å². The van der Waals surface area contributed by atoms with Gasteiger partial charge >= 0.3 is 12.2 Å². The molecule has 6 heteroatoms. The Hall–Kier alpha value is -2.27. The molecule has 1 aliphatic rings. The van der Waals surface area contributed by atoms with Gasteiger partial charge in [-0.3, -0.25) is 0 Å². The van der Waals surface area contributed by atoms with Gasteiger partial charge in [-0.2, -0.15) is 4.79 Å².